The topological polar surface area (TPSA) is 314 Å². The van der Waals surface area contributed by atoms with E-state index in [2.05, 4.69) is 193 Å². The monoisotopic (exact) mass is 1990 g/mol. The highest BCUT2D eigenvalue weighted by Crippen LogP contribution is 2.36. The average molecular weight is 2000 g/mol. The van der Waals surface area contributed by atoms with Gasteiger partial charge < -0.3 is 81.9 Å². The van der Waals surface area contributed by atoms with Crippen LogP contribution in [0, 0.1) is 0 Å². The van der Waals surface area contributed by atoms with Crippen molar-refractivity contribution in [2.75, 3.05) is 143 Å². The van der Waals surface area contributed by atoms with Crippen LogP contribution < -0.4 is 78.6 Å². The standard InChI is InChI=1S/C23H24N4O3.2C22H24N4O2S.C21H22N4O2S.C20H20N4O2S/c1-14-11-27(12-15(2)24-14)17-5-4-16-8-19(23(28)30-21(16)9-17)20-13-26-7-6-18(29-3)10-22(26)25-20;1-4-17-11-26-12-19(24-22(26)29-17)18-7-15-5-6-16(8-20(15)28-21(18)27)25-9-13(2)23-14(3)10-25;1-3-17-13-26-14-19(23-22(26)29-17)18-11-15-5-6-16(12-20(15)28-21(18)27)25-8-4-7-24(2)9-10-25;1-2-16-12-25-13-18(23-21(25)28-16)17-10-14-4-5-15(11-19(14)27-20(17)26)24-8-3-6-22-7-9-24;1-2-15-11-24-12-17(22-20(24)27-15)16-9-13-3-4-14(10-18(13)26-19(16)25)23-7-5-21-6-8-23/h4-10,13-15,24H,11-12H2,1-3H3;5-8,11-14,23H,4,9-10H2,1-3H3;5-6,11-14H,3-4,7-10H2,1-2H3;4-5,10-13,22H,2-3,6-9H2,1H3;3-4,9-12,21H,2,5-8H2,1H3/t14-,15+;13-,14+;;;. The van der Waals surface area contributed by atoms with Gasteiger partial charge in [0, 0.05) is 289 Å². The lowest BCUT2D eigenvalue weighted by Gasteiger charge is -2.37. The molecule has 5 aliphatic heterocycles. The number of fused-ring (bicyclic) bond motifs is 10. The minimum absolute atomic E-state index is 0.341. The Labute approximate surface area is 838 Å². The number of hydrogen-bond acceptors (Lipinski definition) is 30. The predicted octanol–water partition coefficient (Wildman–Crippen LogP) is 17.8. The Bertz CT molecular complexity index is 8270. The van der Waals surface area contributed by atoms with E-state index in [-0.39, 0.29) is 22.5 Å². The molecule has 0 saturated carbocycles. The molecule has 0 unspecified atom stereocenters. The van der Waals surface area contributed by atoms with Crippen molar-refractivity contribution in [3.63, 3.8) is 0 Å². The summed E-state index contributed by atoms with van der Waals surface area (Å²) in [6.07, 6.45) is 25.8. The fourth-order valence-electron chi connectivity index (χ4n) is 19.5. The molecule has 4 N–H and O–H groups in total. The lowest BCUT2D eigenvalue weighted by atomic mass is 10.1. The quantitative estimate of drug-likeness (QED) is 0.0693. The number of methoxy groups -OCH3 is 1. The van der Waals surface area contributed by atoms with Gasteiger partial charge in [-0.25, -0.2) is 48.9 Å². The van der Waals surface area contributed by atoms with Crippen LogP contribution in [0.3, 0.4) is 0 Å². The average Bonchev–Trinajstić information content (AvgIpc) is 1.66. The molecular weight excluding hydrogens is 1880 g/mol. The summed E-state index contributed by atoms with van der Waals surface area (Å²) in [6.45, 7) is 32.9. The molecule has 4 atom stereocenters. The summed E-state index contributed by atoms with van der Waals surface area (Å²) in [6, 6.07) is 45.3. The third-order valence-corrected chi connectivity index (χ3v) is 31.5. The summed E-state index contributed by atoms with van der Waals surface area (Å²) in [5.41, 5.74) is 13.2. The highest BCUT2D eigenvalue weighted by Gasteiger charge is 2.28. The van der Waals surface area contributed by atoms with Gasteiger partial charge in [0.1, 0.15) is 39.3 Å². The summed E-state index contributed by atoms with van der Waals surface area (Å²) < 4.78 is 43.5. The van der Waals surface area contributed by atoms with Crippen LogP contribution in [0.1, 0.15) is 87.7 Å². The SMILES string of the molecule is CCc1cn2cc(-c3cc4ccc(N5CCCN(C)CC5)cc4oc3=O)nc2s1.CCc1cn2cc(-c3cc4ccc(N5CCCNCC5)cc4oc3=O)nc2s1.CCc1cn2cc(-c3cc4ccc(N5CCNCC5)cc4oc3=O)nc2s1.CCc1cn2cc(-c3cc4ccc(N5C[C@@H](C)N[C@@H](C)C5)cc4oc3=O)nc2s1.COc1ccn2cc(-c3cc4ccc(N5C[C@@H](C)N[C@@H](C)C5)cc4oc3=O)nc2c1. The number of thiazole rings is 4. The molecular formula is C108H114N20O11S4. The Hall–Kier alpha value is -13.9. The molecule has 0 bridgehead atoms. The second-order valence-electron chi connectivity index (χ2n) is 37.5. The Balaban J connectivity index is 0.000000106. The van der Waals surface area contributed by atoms with Crippen LogP contribution in [0.5, 0.6) is 5.75 Å². The number of anilines is 5. The lowest BCUT2D eigenvalue weighted by Crippen LogP contribution is -2.54. The number of rotatable bonds is 15. The third-order valence-electron chi connectivity index (χ3n) is 27.0. The highest BCUT2D eigenvalue weighted by molar-refractivity contribution is 7.18. The van der Waals surface area contributed by atoms with Crippen LogP contribution in [-0.4, -0.2) is 195 Å². The Morgan fingerprint density at radius 2 is 0.629 bits per heavy atom. The van der Waals surface area contributed by atoms with Crippen molar-refractivity contribution in [2.45, 2.75) is 118 Å². The van der Waals surface area contributed by atoms with E-state index in [0.29, 0.717) is 120 Å². The van der Waals surface area contributed by atoms with Crippen LogP contribution in [0.4, 0.5) is 28.4 Å². The van der Waals surface area contributed by atoms with Crippen LogP contribution in [-0.2, 0) is 25.7 Å². The zero-order valence-electron chi connectivity index (χ0n) is 81.6. The smallest absolute Gasteiger partial charge is 0.345 e. The number of ether oxygens (including phenoxy) is 1. The van der Waals surface area contributed by atoms with Gasteiger partial charge in [0.15, 0.2) is 19.8 Å². The summed E-state index contributed by atoms with van der Waals surface area (Å²) >= 11 is 6.60. The summed E-state index contributed by atoms with van der Waals surface area (Å²) in [7, 11) is 3.78. The minimum atomic E-state index is -0.392. The highest BCUT2D eigenvalue weighted by atomic mass is 32.1. The van der Waals surface area contributed by atoms with E-state index < -0.39 is 5.63 Å². The van der Waals surface area contributed by atoms with Gasteiger partial charge in [-0.2, -0.15) is 0 Å². The number of pyridine rings is 1. The number of piperazine rings is 3. The van der Waals surface area contributed by atoms with Crippen molar-refractivity contribution < 1.29 is 26.8 Å². The third kappa shape index (κ3) is 20.7. The molecule has 0 spiro atoms. The van der Waals surface area contributed by atoms with Gasteiger partial charge in [0.2, 0.25) is 0 Å². The van der Waals surface area contributed by atoms with E-state index >= 15 is 0 Å². The first kappa shape index (κ1) is 95.3. The number of nitrogens with one attached hydrogen (secondary N) is 4. The molecule has 5 saturated heterocycles. The summed E-state index contributed by atoms with van der Waals surface area (Å²) in [5, 5.41) is 18.4. The van der Waals surface area contributed by atoms with Crippen molar-refractivity contribution >= 4 is 154 Å². The van der Waals surface area contributed by atoms with Crippen LogP contribution >= 0.6 is 45.3 Å². The van der Waals surface area contributed by atoms with Crippen molar-refractivity contribution in [1.82, 2.24) is 73.1 Å². The predicted molar refractivity (Wildman–Crippen MR) is 577 cm³/mol. The number of aromatic nitrogens is 10. The number of hydrogen-bond donors (Lipinski definition) is 4. The molecule has 15 aromatic heterocycles. The molecule has 143 heavy (non-hydrogen) atoms. The summed E-state index contributed by atoms with van der Waals surface area (Å²) in [4.78, 5) is 109. The van der Waals surface area contributed by atoms with E-state index in [1.165, 1.54) is 19.5 Å². The maximum atomic E-state index is 12.8. The van der Waals surface area contributed by atoms with Gasteiger partial charge in [0.05, 0.1) is 63.4 Å². The Morgan fingerprint density at radius 1 is 0.329 bits per heavy atom. The molecule has 0 radical (unpaired) electrons. The maximum absolute atomic E-state index is 12.8. The number of likely N-dealkylation sites (N-methyl/N-ethyl adjacent to an activating group) is 1. The van der Waals surface area contributed by atoms with Gasteiger partial charge >= 0.3 is 28.1 Å². The molecule has 31 nitrogen and oxygen atoms in total. The molecule has 5 fully saturated rings. The van der Waals surface area contributed by atoms with Crippen LogP contribution in [0.2, 0.25) is 0 Å². The Morgan fingerprint density at radius 3 is 0.958 bits per heavy atom. The van der Waals surface area contributed by atoms with Crippen molar-refractivity contribution in [3.8, 4) is 62.0 Å². The number of imidazole rings is 5. The largest absolute Gasteiger partial charge is 0.497 e. The molecule has 35 heteroatoms. The first-order chi connectivity index (χ1) is 69.5. The summed E-state index contributed by atoms with van der Waals surface area (Å²) in [5.74, 6) is 0.717. The van der Waals surface area contributed by atoms with Gasteiger partial charge in [0.25, 0.3) is 0 Å². The molecule has 5 aliphatic rings. The number of benzene rings is 5. The number of nitrogens with zero attached hydrogens (tertiary/aromatic N) is 16. The van der Waals surface area contributed by atoms with E-state index in [0.717, 1.165) is 218 Å². The first-order valence-electron chi connectivity index (χ1n) is 49.2. The van der Waals surface area contributed by atoms with Crippen LogP contribution in [0.15, 0.2) is 241 Å². The zero-order chi connectivity index (χ0) is 98.4. The van der Waals surface area contributed by atoms with E-state index in [1.54, 1.807) is 52.5 Å². The number of aryl methyl sites for hydroxylation is 4. The van der Waals surface area contributed by atoms with Gasteiger partial charge in [-0.1, -0.05) is 27.7 Å². The van der Waals surface area contributed by atoms with Crippen molar-refractivity contribution in [3.05, 3.63) is 267 Å². The second kappa shape index (κ2) is 41.2. The van der Waals surface area contributed by atoms with E-state index in [9.17, 15) is 24.0 Å². The van der Waals surface area contributed by atoms with E-state index in [4.69, 9.17) is 26.8 Å². The normalized spacial score (nSPS) is 17.3. The Kier molecular flexibility index (Phi) is 27.5. The molecule has 736 valence electrons. The molecule has 0 amide bonds. The fraction of sp³-hybridized carbons (Fsp3) is 0.333. The van der Waals surface area contributed by atoms with Gasteiger partial charge in [-0.3, -0.25) is 17.6 Å². The lowest BCUT2D eigenvalue weighted by molar-refractivity contribution is 0.360. The second-order valence-corrected chi connectivity index (χ2v) is 41.9. The minimum Gasteiger partial charge on any atom is -0.497 e. The maximum Gasteiger partial charge on any atom is 0.345 e. The first-order valence-corrected chi connectivity index (χ1v) is 52.5. The van der Waals surface area contributed by atoms with Gasteiger partial charge in [-0.15, -0.1) is 45.3 Å². The molecule has 0 aliphatic carbocycles. The zero-order valence-corrected chi connectivity index (χ0v) is 84.9. The fourth-order valence-corrected chi connectivity index (χ4v) is 23.1. The van der Waals surface area contributed by atoms with Crippen molar-refractivity contribution in [1.29, 1.82) is 0 Å². The molecule has 5 aromatic carbocycles. The molecule has 20 aromatic rings. The van der Waals surface area contributed by atoms with Gasteiger partial charge in [-0.05, 0) is 183 Å². The van der Waals surface area contributed by atoms with Crippen LogP contribution in [0.25, 0.3) is 137 Å². The molecule has 20 heterocycles. The van der Waals surface area contributed by atoms with E-state index in [1.807, 2.05) is 162 Å². The molecule has 25 rings (SSSR count). The van der Waals surface area contributed by atoms with Crippen molar-refractivity contribution in [2.24, 2.45) is 0 Å².